The Kier molecular flexibility index (Phi) is 6.82. The Bertz CT molecular complexity index is 898. The van der Waals surface area contributed by atoms with E-state index >= 15 is 0 Å². The molecule has 1 N–H and O–H groups in total. The second kappa shape index (κ2) is 9.92. The largest absolute Gasteiger partial charge is 0.378 e. The summed E-state index contributed by atoms with van der Waals surface area (Å²) in [5, 5.41) is 2.95. The van der Waals surface area contributed by atoms with E-state index in [4.69, 9.17) is 4.74 Å². The highest BCUT2D eigenvalue weighted by Crippen LogP contribution is 2.29. The van der Waals surface area contributed by atoms with Crippen molar-refractivity contribution in [3.05, 3.63) is 71.5 Å². The maximum atomic E-state index is 14.1. The van der Waals surface area contributed by atoms with Crippen molar-refractivity contribution in [1.29, 1.82) is 0 Å². The molecule has 1 atom stereocenters. The lowest BCUT2D eigenvalue weighted by atomic mass is 9.97. The van der Waals surface area contributed by atoms with Crippen LogP contribution in [0.5, 0.6) is 0 Å². The van der Waals surface area contributed by atoms with Crippen molar-refractivity contribution in [2.75, 3.05) is 32.8 Å². The Labute approximate surface area is 182 Å². The van der Waals surface area contributed by atoms with Crippen LogP contribution in [-0.4, -0.2) is 60.6 Å². The van der Waals surface area contributed by atoms with Gasteiger partial charge in [0.15, 0.2) is 0 Å². The summed E-state index contributed by atoms with van der Waals surface area (Å²) in [7, 11) is 0. The van der Waals surface area contributed by atoms with Gasteiger partial charge in [0.25, 0.3) is 0 Å². The third-order valence-electron chi connectivity index (χ3n) is 5.83. The summed E-state index contributed by atoms with van der Waals surface area (Å²) in [5.41, 5.74) is 1.36. The molecule has 7 heteroatoms. The number of carbonyl (C=O) groups is 2. The van der Waals surface area contributed by atoms with Gasteiger partial charge in [0.2, 0.25) is 5.91 Å². The highest BCUT2D eigenvalue weighted by Gasteiger charge is 2.34. The van der Waals surface area contributed by atoms with Crippen molar-refractivity contribution in [3.63, 3.8) is 0 Å². The zero-order chi connectivity index (χ0) is 21.6. The fraction of sp³-hybridized carbons (Fsp3) is 0.417. The Morgan fingerprint density at radius 1 is 1.06 bits per heavy atom. The van der Waals surface area contributed by atoms with Gasteiger partial charge in [-0.2, -0.15) is 0 Å². The van der Waals surface area contributed by atoms with Crippen LogP contribution in [0.2, 0.25) is 0 Å². The van der Waals surface area contributed by atoms with Gasteiger partial charge in [-0.1, -0.05) is 48.5 Å². The van der Waals surface area contributed by atoms with Crippen molar-refractivity contribution in [3.8, 4) is 0 Å². The van der Waals surface area contributed by atoms with Gasteiger partial charge in [0.05, 0.1) is 25.7 Å². The summed E-state index contributed by atoms with van der Waals surface area (Å²) >= 11 is 0. The van der Waals surface area contributed by atoms with Crippen molar-refractivity contribution in [2.24, 2.45) is 0 Å². The van der Waals surface area contributed by atoms with Crippen molar-refractivity contribution in [2.45, 2.75) is 31.3 Å². The molecule has 1 unspecified atom stereocenters. The Morgan fingerprint density at radius 3 is 2.42 bits per heavy atom. The molecule has 0 radical (unpaired) electrons. The van der Waals surface area contributed by atoms with Gasteiger partial charge >= 0.3 is 6.03 Å². The lowest BCUT2D eigenvalue weighted by Gasteiger charge is -2.31. The molecule has 6 nitrogen and oxygen atoms in total. The maximum Gasteiger partial charge on any atom is 0.317 e. The molecular formula is C24H28FN3O3. The maximum absolute atomic E-state index is 14.1. The van der Waals surface area contributed by atoms with Crippen LogP contribution in [-0.2, 0) is 16.1 Å². The van der Waals surface area contributed by atoms with E-state index < -0.39 is 5.92 Å². The molecule has 0 aromatic heterocycles. The van der Waals surface area contributed by atoms with Gasteiger partial charge < -0.3 is 19.9 Å². The van der Waals surface area contributed by atoms with E-state index in [0.717, 1.165) is 18.4 Å². The number of ether oxygens (including phenoxy) is 1. The Hall–Kier alpha value is -2.93. The number of nitrogens with zero attached hydrogens (tertiary/aromatic N) is 2. The monoisotopic (exact) mass is 425 g/mol. The summed E-state index contributed by atoms with van der Waals surface area (Å²) in [6, 6.07) is 15.9. The molecule has 2 aliphatic rings. The minimum absolute atomic E-state index is 0.0122. The molecule has 0 spiro atoms. The molecule has 2 aromatic carbocycles. The van der Waals surface area contributed by atoms with Gasteiger partial charge in [-0.3, -0.25) is 4.79 Å². The zero-order valence-corrected chi connectivity index (χ0v) is 17.5. The first kappa shape index (κ1) is 21.3. The molecule has 2 fully saturated rings. The molecule has 1 aliphatic carbocycles. The summed E-state index contributed by atoms with van der Waals surface area (Å²) in [6.45, 7) is 2.57. The lowest BCUT2D eigenvalue weighted by Crippen LogP contribution is -2.47. The number of benzene rings is 2. The van der Waals surface area contributed by atoms with Crippen LogP contribution >= 0.6 is 0 Å². The first-order valence-corrected chi connectivity index (χ1v) is 10.8. The van der Waals surface area contributed by atoms with Gasteiger partial charge in [-0.25, -0.2) is 9.18 Å². The fourth-order valence-electron chi connectivity index (χ4n) is 3.89. The van der Waals surface area contributed by atoms with E-state index in [0.29, 0.717) is 31.9 Å². The number of urea groups is 1. The topological polar surface area (TPSA) is 61.9 Å². The number of hydrogen-bond acceptors (Lipinski definition) is 3. The summed E-state index contributed by atoms with van der Waals surface area (Å²) < 4.78 is 19.5. The molecule has 1 aliphatic heterocycles. The Morgan fingerprint density at radius 2 is 1.74 bits per heavy atom. The summed E-state index contributed by atoms with van der Waals surface area (Å²) in [4.78, 5) is 29.7. The van der Waals surface area contributed by atoms with E-state index in [1.165, 1.54) is 6.07 Å². The normalized spacial score (nSPS) is 17.1. The first-order chi connectivity index (χ1) is 15.1. The van der Waals surface area contributed by atoms with Gasteiger partial charge in [0.1, 0.15) is 5.82 Å². The van der Waals surface area contributed by atoms with Crippen LogP contribution in [0.25, 0.3) is 0 Å². The predicted molar refractivity (Wildman–Crippen MR) is 115 cm³/mol. The highest BCUT2D eigenvalue weighted by molar-refractivity contribution is 5.85. The third kappa shape index (κ3) is 5.41. The number of morpholine rings is 1. The first-order valence-electron chi connectivity index (χ1n) is 10.8. The van der Waals surface area contributed by atoms with E-state index in [2.05, 4.69) is 5.32 Å². The van der Waals surface area contributed by atoms with Crippen molar-refractivity contribution in [1.82, 2.24) is 15.1 Å². The molecule has 1 heterocycles. The SMILES string of the molecule is O=C(C(CNC(=O)N(Cc1ccccc1F)C1CC1)c1ccccc1)N1CCOCC1. The molecule has 3 amide bonds. The molecule has 164 valence electrons. The van der Waals surface area contributed by atoms with Gasteiger partial charge in [-0.15, -0.1) is 0 Å². The molecule has 1 saturated carbocycles. The number of carbonyl (C=O) groups excluding carboxylic acids is 2. The molecule has 2 aromatic rings. The number of rotatable bonds is 7. The standard InChI is InChI=1S/C24H28FN3O3/c25-22-9-5-4-8-19(22)17-28(20-10-11-20)24(30)26-16-21(18-6-2-1-3-7-18)23(29)27-12-14-31-15-13-27/h1-9,20-21H,10-17H2,(H,26,30). The van der Waals surface area contributed by atoms with Crippen LogP contribution in [0.3, 0.4) is 0 Å². The average Bonchev–Trinajstić information content (AvgIpc) is 3.65. The number of hydrogen-bond donors (Lipinski definition) is 1. The highest BCUT2D eigenvalue weighted by atomic mass is 19.1. The van der Waals surface area contributed by atoms with Crippen LogP contribution in [0.4, 0.5) is 9.18 Å². The predicted octanol–water partition coefficient (Wildman–Crippen LogP) is 3.14. The minimum Gasteiger partial charge on any atom is -0.378 e. The molecular weight excluding hydrogens is 397 g/mol. The quantitative estimate of drug-likeness (QED) is 0.741. The number of amides is 3. The summed E-state index contributed by atoms with van der Waals surface area (Å²) in [5.74, 6) is -0.801. The average molecular weight is 426 g/mol. The van der Waals surface area contributed by atoms with Gasteiger partial charge in [-0.05, 0) is 24.5 Å². The third-order valence-corrected chi connectivity index (χ3v) is 5.83. The van der Waals surface area contributed by atoms with E-state index in [1.807, 2.05) is 30.3 Å². The van der Waals surface area contributed by atoms with Crippen LogP contribution in [0, 0.1) is 5.82 Å². The smallest absolute Gasteiger partial charge is 0.317 e. The van der Waals surface area contributed by atoms with Crippen LogP contribution in [0.1, 0.15) is 29.9 Å². The number of nitrogens with one attached hydrogen (secondary N) is 1. The van der Waals surface area contributed by atoms with Gasteiger partial charge in [0, 0.05) is 31.2 Å². The van der Waals surface area contributed by atoms with Crippen molar-refractivity contribution >= 4 is 11.9 Å². The van der Waals surface area contributed by atoms with Crippen LogP contribution in [0.15, 0.2) is 54.6 Å². The molecule has 1 saturated heterocycles. The molecule has 4 rings (SSSR count). The Balaban J connectivity index is 1.45. The van der Waals surface area contributed by atoms with E-state index in [1.54, 1.807) is 28.0 Å². The van der Waals surface area contributed by atoms with E-state index in [9.17, 15) is 14.0 Å². The second-order valence-electron chi connectivity index (χ2n) is 8.04. The number of halogens is 1. The second-order valence-corrected chi connectivity index (χ2v) is 8.04. The molecule has 31 heavy (non-hydrogen) atoms. The fourth-order valence-corrected chi connectivity index (χ4v) is 3.89. The summed E-state index contributed by atoms with van der Waals surface area (Å²) in [6.07, 6.45) is 1.83. The van der Waals surface area contributed by atoms with Crippen LogP contribution < -0.4 is 5.32 Å². The minimum atomic E-state index is -0.474. The van der Waals surface area contributed by atoms with E-state index in [-0.39, 0.29) is 36.9 Å². The lowest BCUT2D eigenvalue weighted by molar-refractivity contribution is -0.136. The molecule has 0 bridgehead atoms. The zero-order valence-electron chi connectivity index (χ0n) is 17.5. The van der Waals surface area contributed by atoms with Crippen molar-refractivity contribution < 1.29 is 18.7 Å².